The summed E-state index contributed by atoms with van der Waals surface area (Å²) in [4.78, 5) is 27.7. The highest BCUT2D eigenvalue weighted by Gasteiger charge is 2.18. The molecule has 36 heavy (non-hydrogen) atoms. The molecule has 4 rings (SSSR count). The second-order valence-corrected chi connectivity index (χ2v) is 9.18. The zero-order chi connectivity index (χ0) is 25.3. The third-order valence-electron chi connectivity index (χ3n) is 6.16. The number of hydrogen-bond donors (Lipinski definition) is 1. The molecule has 0 radical (unpaired) electrons. The van der Waals surface area contributed by atoms with Crippen LogP contribution < -0.4 is 10.2 Å². The molecule has 4 aromatic rings. The van der Waals surface area contributed by atoms with Gasteiger partial charge in [0.2, 0.25) is 5.91 Å². The number of amides is 2. The van der Waals surface area contributed by atoms with Crippen LogP contribution in [0.15, 0.2) is 103 Å². The Balaban J connectivity index is 1.45. The first kappa shape index (κ1) is 24.9. The number of nitrogens with zero attached hydrogens (tertiary/aromatic N) is 1. The monoisotopic (exact) mass is 476 g/mol. The van der Waals surface area contributed by atoms with Gasteiger partial charge in [-0.3, -0.25) is 9.59 Å². The van der Waals surface area contributed by atoms with Crippen molar-refractivity contribution >= 4 is 17.5 Å². The van der Waals surface area contributed by atoms with Crippen LogP contribution in [0, 0.1) is 13.8 Å². The molecule has 182 valence electrons. The third-order valence-corrected chi connectivity index (χ3v) is 6.16. The molecular weight excluding hydrogens is 444 g/mol. The maximum absolute atomic E-state index is 13.5. The number of hydrogen-bond acceptors (Lipinski definition) is 2. The fourth-order valence-corrected chi connectivity index (χ4v) is 4.16. The normalized spacial score (nSPS) is 10.6. The molecule has 2 amide bonds. The van der Waals surface area contributed by atoms with Crippen LogP contribution in [0.3, 0.4) is 0 Å². The zero-order valence-electron chi connectivity index (χ0n) is 20.9. The Kier molecular flexibility index (Phi) is 8.30. The summed E-state index contributed by atoms with van der Waals surface area (Å²) in [5.41, 5.74) is 6.90. The number of rotatable bonds is 9. The molecule has 4 nitrogen and oxygen atoms in total. The Hall–Kier alpha value is -4.18. The van der Waals surface area contributed by atoms with Crippen molar-refractivity contribution in [2.75, 3.05) is 11.4 Å². The van der Waals surface area contributed by atoms with E-state index < -0.39 is 0 Å². The van der Waals surface area contributed by atoms with E-state index in [1.165, 1.54) is 5.56 Å². The largest absolute Gasteiger partial charge is 0.355 e. The van der Waals surface area contributed by atoms with Gasteiger partial charge in [0.1, 0.15) is 0 Å². The molecule has 4 heteroatoms. The summed E-state index contributed by atoms with van der Waals surface area (Å²) < 4.78 is 0. The van der Waals surface area contributed by atoms with Crippen LogP contribution in [0.2, 0.25) is 0 Å². The van der Waals surface area contributed by atoms with Crippen LogP contribution in [0.4, 0.5) is 5.69 Å². The minimum Gasteiger partial charge on any atom is -0.355 e. The maximum Gasteiger partial charge on any atom is 0.258 e. The van der Waals surface area contributed by atoms with Gasteiger partial charge in [-0.15, -0.1) is 0 Å². The molecule has 0 heterocycles. The highest BCUT2D eigenvalue weighted by molar-refractivity contribution is 6.06. The van der Waals surface area contributed by atoms with E-state index >= 15 is 0 Å². The van der Waals surface area contributed by atoms with Crippen molar-refractivity contribution in [2.45, 2.75) is 33.2 Å². The van der Waals surface area contributed by atoms with Crippen LogP contribution in [0.25, 0.3) is 0 Å². The summed E-state index contributed by atoms with van der Waals surface area (Å²) >= 11 is 0. The summed E-state index contributed by atoms with van der Waals surface area (Å²) in [5.74, 6) is -0.0612. The van der Waals surface area contributed by atoms with E-state index in [1.54, 1.807) is 4.90 Å². The number of anilines is 1. The SMILES string of the molecule is Cc1ccc(C(=O)N(Cc2cccc(C)c2)c2ccc(CC(=O)NCCc3ccccc3)cc2)cc1. The summed E-state index contributed by atoms with van der Waals surface area (Å²) in [7, 11) is 0. The molecule has 0 aliphatic heterocycles. The molecule has 1 N–H and O–H groups in total. The minimum absolute atomic E-state index is 0.00831. The van der Waals surface area contributed by atoms with Gasteiger partial charge in [0.05, 0.1) is 13.0 Å². The first-order valence-electron chi connectivity index (χ1n) is 12.3. The van der Waals surface area contributed by atoms with Gasteiger partial charge in [0.15, 0.2) is 0 Å². The Morgan fingerprint density at radius 3 is 2.08 bits per heavy atom. The highest BCUT2D eigenvalue weighted by atomic mass is 16.2. The molecule has 0 bridgehead atoms. The molecule has 4 aromatic carbocycles. The maximum atomic E-state index is 13.5. The average Bonchev–Trinajstić information content (AvgIpc) is 2.89. The molecule has 0 fully saturated rings. The highest BCUT2D eigenvalue weighted by Crippen LogP contribution is 2.22. The standard InChI is InChI=1S/C32H32N2O2/c1-24-11-15-29(16-12-24)32(36)34(23-28-10-6-7-25(2)21-28)30-17-13-27(14-18-30)22-31(35)33-20-19-26-8-4-3-5-9-26/h3-18,21H,19-20,22-23H2,1-2H3,(H,33,35). The topological polar surface area (TPSA) is 49.4 Å². The third kappa shape index (κ3) is 6.92. The summed E-state index contributed by atoms with van der Waals surface area (Å²) in [5, 5.41) is 3.00. The van der Waals surface area contributed by atoms with Crippen molar-refractivity contribution < 1.29 is 9.59 Å². The van der Waals surface area contributed by atoms with E-state index in [9.17, 15) is 9.59 Å². The molecule has 0 aromatic heterocycles. The van der Waals surface area contributed by atoms with Crippen LogP contribution in [0.1, 0.15) is 38.2 Å². The van der Waals surface area contributed by atoms with Gasteiger partial charge in [-0.25, -0.2) is 0 Å². The van der Waals surface area contributed by atoms with Crippen LogP contribution in [0.5, 0.6) is 0 Å². The van der Waals surface area contributed by atoms with E-state index in [2.05, 4.69) is 36.5 Å². The van der Waals surface area contributed by atoms with Crippen molar-refractivity contribution in [3.8, 4) is 0 Å². The van der Waals surface area contributed by atoms with Gasteiger partial charge in [-0.05, 0) is 61.2 Å². The minimum atomic E-state index is -0.0529. The molecule has 0 atom stereocenters. The molecule has 0 saturated carbocycles. The quantitative estimate of drug-likeness (QED) is 0.320. The molecule has 0 aliphatic rings. The number of benzene rings is 4. The van der Waals surface area contributed by atoms with Crippen LogP contribution >= 0.6 is 0 Å². The number of aryl methyl sites for hydroxylation is 2. The number of nitrogens with one attached hydrogen (secondary N) is 1. The molecule has 0 spiro atoms. The molecule has 0 unspecified atom stereocenters. The van der Waals surface area contributed by atoms with Crippen LogP contribution in [-0.2, 0) is 24.2 Å². The van der Waals surface area contributed by atoms with Gasteiger partial charge in [-0.2, -0.15) is 0 Å². The second-order valence-electron chi connectivity index (χ2n) is 9.18. The average molecular weight is 477 g/mol. The lowest BCUT2D eigenvalue weighted by molar-refractivity contribution is -0.120. The fraction of sp³-hybridized carbons (Fsp3) is 0.188. The van der Waals surface area contributed by atoms with E-state index in [0.717, 1.165) is 34.4 Å². The number of carbonyl (C=O) groups is 2. The lowest BCUT2D eigenvalue weighted by atomic mass is 10.1. The zero-order valence-corrected chi connectivity index (χ0v) is 20.9. The van der Waals surface area contributed by atoms with Gasteiger partial charge in [-0.1, -0.05) is 90.0 Å². The Bertz CT molecular complexity index is 1300. The van der Waals surface area contributed by atoms with Gasteiger partial charge in [0, 0.05) is 17.8 Å². The van der Waals surface area contributed by atoms with Crippen molar-refractivity contribution in [2.24, 2.45) is 0 Å². The first-order chi connectivity index (χ1) is 17.5. The van der Waals surface area contributed by atoms with Gasteiger partial charge in [0.25, 0.3) is 5.91 Å². The predicted octanol–water partition coefficient (Wildman–Crippen LogP) is 6.05. The number of carbonyl (C=O) groups excluding carboxylic acids is 2. The van der Waals surface area contributed by atoms with Crippen molar-refractivity contribution in [3.63, 3.8) is 0 Å². The molecular formula is C32H32N2O2. The van der Waals surface area contributed by atoms with E-state index in [1.807, 2.05) is 85.8 Å². The van der Waals surface area contributed by atoms with E-state index in [0.29, 0.717) is 25.1 Å². The smallest absolute Gasteiger partial charge is 0.258 e. The fourth-order valence-electron chi connectivity index (χ4n) is 4.16. The molecule has 0 aliphatic carbocycles. The summed E-state index contributed by atoms with van der Waals surface area (Å²) in [6.07, 6.45) is 1.11. The lowest BCUT2D eigenvalue weighted by Crippen LogP contribution is -2.30. The molecule has 0 saturated heterocycles. The van der Waals surface area contributed by atoms with Gasteiger partial charge < -0.3 is 10.2 Å². The lowest BCUT2D eigenvalue weighted by Gasteiger charge is -2.24. The van der Waals surface area contributed by atoms with Crippen molar-refractivity contribution in [1.29, 1.82) is 0 Å². The second kappa shape index (κ2) is 12.0. The van der Waals surface area contributed by atoms with Crippen molar-refractivity contribution in [1.82, 2.24) is 5.32 Å². The Morgan fingerprint density at radius 1 is 0.694 bits per heavy atom. The van der Waals surface area contributed by atoms with E-state index in [4.69, 9.17) is 0 Å². The van der Waals surface area contributed by atoms with Crippen LogP contribution in [-0.4, -0.2) is 18.4 Å². The van der Waals surface area contributed by atoms with E-state index in [-0.39, 0.29) is 11.8 Å². The van der Waals surface area contributed by atoms with Crippen molar-refractivity contribution in [3.05, 3.63) is 137 Å². The predicted molar refractivity (Wildman–Crippen MR) is 146 cm³/mol. The summed E-state index contributed by atoms with van der Waals surface area (Å²) in [6.45, 7) is 5.13. The summed E-state index contributed by atoms with van der Waals surface area (Å²) in [6, 6.07) is 33.7. The van der Waals surface area contributed by atoms with Gasteiger partial charge >= 0.3 is 0 Å². The first-order valence-corrected chi connectivity index (χ1v) is 12.3. The Labute approximate surface area is 213 Å². The Morgan fingerprint density at radius 2 is 1.39 bits per heavy atom.